The molecule has 0 bridgehead atoms. The Bertz CT molecular complexity index is 1290. The number of nitrogens with zero attached hydrogens (tertiary/aromatic N) is 4. The molecule has 1 aliphatic heterocycles. The SMILES string of the molecule is Cc1ccc(Cn2ccc(NC(=O)c3cnn4c3N[C@H](c3ccco3)C[C@H]4C(F)(F)F)n2)cc1. The monoisotopic (exact) mass is 470 g/mol. The predicted octanol–water partition coefficient (Wildman–Crippen LogP) is 4.94. The van der Waals surface area contributed by atoms with E-state index in [1.54, 1.807) is 29.1 Å². The molecule has 8 nitrogen and oxygen atoms in total. The number of nitrogens with one attached hydrogen (secondary N) is 2. The number of alkyl halides is 3. The van der Waals surface area contributed by atoms with Crippen molar-refractivity contribution in [1.82, 2.24) is 19.6 Å². The van der Waals surface area contributed by atoms with Crippen LogP contribution in [0.5, 0.6) is 0 Å². The minimum absolute atomic E-state index is 0.0152. The summed E-state index contributed by atoms with van der Waals surface area (Å²) in [5.41, 5.74) is 2.18. The van der Waals surface area contributed by atoms with Gasteiger partial charge in [0.2, 0.25) is 0 Å². The molecule has 0 saturated heterocycles. The van der Waals surface area contributed by atoms with Crippen LogP contribution in [0.4, 0.5) is 24.8 Å². The third kappa shape index (κ3) is 4.28. The van der Waals surface area contributed by atoms with Crippen LogP contribution in [0.3, 0.4) is 0 Å². The molecule has 5 rings (SSSR count). The molecule has 2 atom stereocenters. The largest absolute Gasteiger partial charge is 0.467 e. The first kappa shape index (κ1) is 21.8. The summed E-state index contributed by atoms with van der Waals surface area (Å²) in [7, 11) is 0. The number of hydrogen-bond acceptors (Lipinski definition) is 5. The number of carbonyl (C=O) groups is 1. The van der Waals surface area contributed by atoms with E-state index in [4.69, 9.17) is 4.42 Å². The van der Waals surface area contributed by atoms with Gasteiger partial charge in [0.25, 0.3) is 5.91 Å². The Labute approximate surface area is 192 Å². The quantitative estimate of drug-likeness (QED) is 0.431. The van der Waals surface area contributed by atoms with Gasteiger partial charge in [-0.3, -0.25) is 9.48 Å². The minimum Gasteiger partial charge on any atom is -0.467 e. The van der Waals surface area contributed by atoms with Gasteiger partial charge in [-0.1, -0.05) is 29.8 Å². The smallest absolute Gasteiger partial charge is 0.410 e. The van der Waals surface area contributed by atoms with Crippen molar-refractivity contribution in [3.8, 4) is 0 Å². The lowest BCUT2D eigenvalue weighted by atomic mass is 10.0. The van der Waals surface area contributed by atoms with Crippen LogP contribution in [0.2, 0.25) is 0 Å². The summed E-state index contributed by atoms with van der Waals surface area (Å²) < 4.78 is 49.1. The van der Waals surface area contributed by atoms with Crippen molar-refractivity contribution in [2.24, 2.45) is 0 Å². The summed E-state index contributed by atoms with van der Waals surface area (Å²) in [6.07, 6.45) is -0.615. The molecule has 176 valence electrons. The van der Waals surface area contributed by atoms with Crippen LogP contribution in [-0.4, -0.2) is 31.6 Å². The summed E-state index contributed by atoms with van der Waals surface area (Å²) in [5.74, 6) is -0.00680. The minimum atomic E-state index is -4.55. The molecule has 0 aliphatic carbocycles. The van der Waals surface area contributed by atoms with Gasteiger partial charge < -0.3 is 15.1 Å². The Morgan fingerprint density at radius 2 is 2.03 bits per heavy atom. The van der Waals surface area contributed by atoms with Crippen molar-refractivity contribution >= 4 is 17.5 Å². The number of benzene rings is 1. The first-order chi connectivity index (χ1) is 16.3. The standard InChI is InChI=1S/C23H21F3N6O2/c1-14-4-6-15(7-5-14)13-31-9-8-20(30-31)29-22(33)16-12-27-32-19(23(24,25)26)11-17(28-21(16)32)18-3-2-10-34-18/h2-10,12,17,19,28H,11,13H2,1H3,(H,29,30,33)/t17-,19-/m0/s1. The van der Waals surface area contributed by atoms with Crippen molar-refractivity contribution in [2.75, 3.05) is 10.6 Å². The number of hydrogen-bond donors (Lipinski definition) is 2. The average molecular weight is 470 g/mol. The Morgan fingerprint density at radius 1 is 1.24 bits per heavy atom. The van der Waals surface area contributed by atoms with E-state index >= 15 is 0 Å². The number of amides is 1. The topological polar surface area (TPSA) is 89.9 Å². The maximum Gasteiger partial charge on any atom is 0.410 e. The van der Waals surface area contributed by atoms with Gasteiger partial charge in [-0.05, 0) is 24.6 Å². The van der Waals surface area contributed by atoms with Crippen LogP contribution in [0.1, 0.15) is 45.7 Å². The number of anilines is 2. The van der Waals surface area contributed by atoms with E-state index in [0.29, 0.717) is 12.3 Å². The Morgan fingerprint density at radius 3 is 2.74 bits per heavy atom. The number of fused-ring (bicyclic) bond motifs is 1. The van der Waals surface area contributed by atoms with Crippen LogP contribution in [0.25, 0.3) is 0 Å². The maximum absolute atomic E-state index is 13.8. The van der Waals surface area contributed by atoms with Gasteiger partial charge in [0.15, 0.2) is 11.9 Å². The second-order valence-electron chi connectivity index (χ2n) is 8.20. The van der Waals surface area contributed by atoms with E-state index in [9.17, 15) is 18.0 Å². The van der Waals surface area contributed by atoms with E-state index < -0.39 is 24.2 Å². The number of rotatable bonds is 5. The third-order valence-corrected chi connectivity index (χ3v) is 5.72. The van der Waals surface area contributed by atoms with E-state index in [1.165, 1.54) is 6.26 Å². The molecule has 0 saturated carbocycles. The number of carbonyl (C=O) groups excluding carboxylic acids is 1. The highest BCUT2D eigenvalue weighted by Gasteiger charge is 2.47. The molecule has 2 N–H and O–H groups in total. The molecule has 11 heteroatoms. The molecule has 3 aromatic heterocycles. The highest BCUT2D eigenvalue weighted by Crippen LogP contribution is 2.44. The van der Waals surface area contributed by atoms with Crippen LogP contribution in [0, 0.1) is 6.92 Å². The van der Waals surface area contributed by atoms with E-state index in [0.717, 1.165) is 22.0 Å². The van der Waals surface area contributed by atoms with Gasteiger partial charge >= 0.3 is 6.18 Å². The number of aryl methyl sites for hydroxylation is 1. The fraction of sp³-hybridized carbons (Fsp3) is 0.261. The molecule has 4 heterocycles. The number of furan rings is 1. The fourth-order valence-electron chi connectivity index (χ4n) is 3.99. The maximum atomic E-state index is 13.8. The molecule has 0 spiro atoms. The second-order valence-corrected chi connectivity index (χ2v) is 8.20. The first-order valence-corrected chi connectivity index (χ1v) is 10.6. The molecule has 1 aromatic carbocycles. The average Bonchev–Trinajstić information content (AvgIpc) is 3.55. The van der Waals surface area contributed by atoms with E-state index in [1.807, 2.05) is 31.2 Å². The van der Waals surface area contributed by atoms with Crippen molar-refractivity contribution in [2.45, 2.75) is 38.1 Å². The molecular weight excluding hydrogens is 449 g/mol. The molecule has 1 aliphatic rings. The zero-order valence-electron chi connectivity index (χ0n) is 18.1. The zero-order chi connectivity index (χ0) is 23.9. The highest BCUT2D eigenvalue weighted by atomic mass is 19.4. The van der Waals surface area contributed by atoms with Crippen molar-refractivity contribution in [3.63, 3.8) is 0 Å². The molecule has 0 radical (unpaired) electrons. The first-order valence-electron chi connectivity index (χ1n) is 10.6. The summed E-state index contributed by atoms with van der Waals surface area (Å²) in [4.78, 5) is 12.9. The van der Waals surface area contributed by atoms with E-state index in [2.05, 4.69) is 20.8 Å². The molecule has 34 heavy (non-hydrogen) atoms. The Balaban J connectivity index is 1.36. The normalized spacial score (nSPS) is 17.8. The zero-order valence-corrected chi connectivity index (χ0v) is 18.1. The Kier molecular flexibility index (Phi) is 5.39. The predicted molar refractivity (Wildman–Crippen MR) is 117 cm³/mol. The van der Waals surface area contributed by atoms with Gasteiger partial charge in [0.1, 0.15) is 17.1 Å². The summed E-state index contributed by atoms with van der Waals surface area (Å²) >= 11 is 0. The van der Waals surface area contributed by atoms with Gasteiger partial charge in [0, 0.05) is 18.7 Å². The van der Waals surface area contributed by atoms with E-state index in [-0.39, 0.29) is 23.6 Å². The lowest BCUT2D eigenvalue weighted by molar-refractivity contribution is -0.174. The molecule has 0 unspecified atom stereocenters. The van der Waals surface area contributed by atoms with Crippen molar-refractivity contribution < 1.29 is 22.4 Å². The Hall–Kier alpha value is -4.02. The van der Waals surface area contributed by atoms with Gasteiger partial charge in [-0.25, -0.2) is 4.68 Å². The third-order valence-electron chi connectivity index (χ3n) is 5.72. The molecule has 0 fully saturated rings. The van der Waals surface area contributed by atoms with Crippen molar-refractivity contribution in [1.29, 1.82) is 0 Å². The molecular formula is C23H21F3N6O2. The van der Waals surface area contributed by atoms with Crippen LogP contribution in [-0.2, 0) is 6.54 Å². The van der Waals surface area contributed by atoms with Gasteiger partial charge in [0.05, 0.1) is 25.0 Å². The summed E-state index contributed by atoms with van der Waals surface area (Å²) in [5, 5.41) is 13.8. The van der Waals surface area contributed by atoms with Crippen molar-refractivity contribution in [3.05, 3.63) is 83.6 Å². The number of halogens is 3. The lowest BCUT2D eigenvalue weighted by Gasteiger charge is -2.32. The van der Waals surface area contributed by atoms with Crippen LogP contribution >= 0.6 is 0 Å². The second kappa shape index (κ2) is 8.40. The fourth-order valence-corrected chi connectivity index (χ4v) is 3.99. The van der Waals surface area contributed by atoms with Gasteiger partial charge in [-0.15, -0.1) is 0 Å². The molecule has 1 amide bonds. The lowest BCUT2D eigenvalue weighted by Crippen LogP contribution is -2.36. The van der Waals surface area contributed by atoms with Gasteiger partial charge in [-0.2, -0.15) is 23.4 Å². The van der Waals surface area contributed by atoms with Crippen LogP contribution in [0.15, 0.2) is 65.5 Å². The van der Waals surface area contributed by atoms with Crippen LogP contribution < -0.4 is 10.6 Å². The number of aromatic nitrogens is 4. The molecule has 4 aromatic rings. The summed E-state index contributed by atoms with van der Waals surface area (Å²) in [6.45, 7) is 2.52. The highest BCUT2D eigenvalue weighted by molar-refractivity contribution is 6.07. The summed E-state index contributed by atoms with van der Waals surface area (Å²) in [6, 6.07) is 10.2.